The van der Waals surface area contributed by atoms with Gasteiger partial charge in [0.05, 0.1) is 13.0 Å². The fourth-order valence-electron chi connectivity index (χ4n) is 2.73. The van der Waals surface area contributed by atoms with Crippen LogP contribution in [0, 0.1) is 11.3 Å². The van der Waals surface area contributed by atoms with E-state index in [9.17, 15) is 4.79 Å². The molecule has 1 aliphatic heterocycles. The molecule has 0 bridgehead atoms. The van der Waals surface area contributed by atoms with Crippen LogP contribution in [0.25, 0.3) is 0 Å². The van der Waals surface area contributed by atoms with Gasteiger partial charge in [0.15, 0.2) is 0 Å². The van der Waals surface area contributed by atoms with Crippen LogP contribution in [0.3, 0.4) is 0 Å². The number of benzene rings is 1. The molecule has 0 unspecified atom stereocenters. The first-order valence-corrected chi connectivity index (χ1v) is 8.66. The first-order chi connectivity index (χ1) is 11.0. The molecule has 0 aromatic heterocycles. The van der Waals surface area contributed by atoms with Crippen LogP contribution in [0.15, 0.2) is 24.3 Å². The molecule has 23 heavy (non-hydrogen) atoms. The monoisotopic (exact) mass is 318 g/mol. The van der Waals surface area contributed by atoms with Crippen LogP contribution in [-0.2, 0) is 11.2 Å². The van der Waals surface area contributed by atoms with E-state index in [0.717, 1.165) is 43.8 Å². The zero-order chi connectivity index (χ0) is 16.7. The number of piperidine rings is 1. The maximum atomic E-state index is 12.1. The van der Waals surface area contributed by atoms with Crippen LogP contribution in [-0.4, -0.2) is 32.1 Å². The van der Waals surface area contributed by atoms with Gasteiger partial charge in [-0.05, 0) is 55.0 Å². The average molecular weight is 318 g/mol. The lowest BCUT2D eigenvalue weighted by atomic mass is 9.81. The zero-order valence-electron chi connectivity index (χ0n) is 14.7. The highest BCUT2D eigenvalue weighted by Gasteiger charge is 2.26. The van der Waals surface area contributed by atoms with E-state index in [2.05, 4.69) is 31.4 Å². The van der Waals surface area contributed by atoms with Crippen molar-refractivity contribution in [3.63, 3.8) is 0 Å². The molecule has 1 heterocycles. The smallest absolute Gasteiger partial charge is 0.224 e. The van der Waals surface area contributed by atoms with Crippen LogP contribution >= 0.6 is 0 Å². The summed E-state index contributed by atoms with van der Waals surface area (Å²) in [6.07, 6.45) is 2.67. The Balaban J connectivity index is 1.76. The van der Waals surface area contributed by atoms with Gasteiger partial charge in [0.25, 0.3) is 0 Å². The molecule has 1 aliphatic rings. The summed E-state index contributed by atoms with van der Waals surface area (Å²) in [5.74, 6) is 1.47. The third-order valence-corrected chi connectivity index (χ3v) is 4.39. The Morgan fingerprint density at radius 2 is 1.91 bits per heavy atom. The van der Waals surface area contributed by atoms with Crippen molar-refractivity contribution in [3.05, 3.63) is 29.8 Å². The van der Waals surface area contributed by atoms with Crippen LogP contribution < -0.4 is 15.4 Å². The summed E-state index contributed by atoms with van der Waals surface area (Å²) < 4.78 is 5.66. The molecule has 0 spiro atoms. The van der Waals surface area contributed by atoms with E-state index in [1.165, 1.54) is 0 Å². The summed E-state index contributed by atoms with van der Waals surface area (Å²) in [7, 11) is 0. The molecule has 4 heteroatoms. The molecule has 1 saturated heterocycles. The van der Waals surface area contributed by atoms with E-state index < -0.39 is 0 Å². The van der Waals surface area contributed by atoms with Crippen molar-refractivity contribution < 1.29 is 9.53 Å². The summed E-state index contributed by atoms with van der Waals surface area (Å²) in [6.45, 7) is 10.1. The number of carbonyl (C=O) groups excluding carboxylic acids is 1. The fraction of sp³-hybridized carbons (Fsp3) is 0.632. The predicted molar refractivity (Wildman–Crippen MR) is 93.7 cm³/mol. The Hall–Kier alpha value is -1.55. The molecule has 1 amide bonds. The van der Waals surface area contributed by atoms with E-state index in [4.69, 9.17) is 4.74 Å². The quantitative estimate of drug-likeness (QED) is 0.813. The second kappa shape index (κ2) is 8.34. The predicted octanol–water partition coefficient (Wildman–Crippen LogP) is 2.77. The van der Waals surface area contributed by atoms with Crippen molar-refractivity contribution in [2.45, 2.75) is 40.0 Å². The van der Waals surface area contributed by atoms with Gasteiger partial charge in [-0.15, -0.1) is 0 Å². The maximum absolute atomic E-state index is 12.1. The van der Waals surface area contributed by atoms with E-state index in [0.29, 0.717) is 18.9 Å². The minimum atomic E-state index is 0.0978. The second-order valence-electron chi connectivity index (χ2n) is 7.36. The molecular formula is C19H30N2O2. The highest BCUT2D eigenvalue weighted by atomic mass is 16.5. The molecule has 1 fully saturated rings. The van der Waals surface area contributed by atoms with Gasteiger partial charge in [-0.1, -0.05) is 32.9 Å². The number of hydrogen-bond acceptors (Lipinski definition) is 3. The van der Waals surface area contributed by atoms with Gasteiger partial charge in [-0.2, -0.15) is 0 Å². The summed E-state index contributed by atoms with van der Waals surface area (Å²) in [5, 5.41) is 6.46. The molecule has 0 atom stereocenters. The molecule has 0 saturated carbocycles. The van der Waals surface area contributed by atoms with E-state index in [1.807, 2.05) is 24.3 Å². The van der Waals surface area contributed by atoms with Gasteiger partial charge in [-0.3, -0.25) is 4.79 Å². The third-order valence-electron chi connectivity index (χ3n) is 4.39. The molecule has 128 valence electrons. The molecular weight excluding hydrogens is 288 g/mol. The van der Waals surface area contributed by atoms with E-state index in [1.54, 1.807) is 0 Å². The largest absolute Gasteiger partial charge is 0.493 e. The van der Waals surface area contributed by atoms with E-state index in [-0.39, 0.29) is 11.3 Å². The minimum Gasteiger partial charge on any atom is -0.493 e. The SMILES string of the molecule is CC(C)COc1ccc(CC(=O)NCC2(C)CCNCC2)cc1. The Kier molecular flexibility index (Phi) is 6.46. The topological polar surface area (TPSA) is 50.4 Å². The van der Waals surface area contributed by atoms with Crippen molar-refractivity contribution in [2.75, 3.05) is 26.2 Å². The average Bonchev–Trinajstić information content (AvgIpc) is 2.53. The van der Waals surface area contributed by atoms with Gasteiger partial charge in [0.1, 0.15) is 5.75 Å². The van der Waals surface area contributed by atoms with Gasteiger partial charge in [0, 0.05) is 6.54 Å². The zero-order valence-corrected chi connectivity index (χ0v) is 14.7. The van der Waals surface area contributed by atoms with Gasteiger partial charge in [-0.25, -0.2) is 0 Å². The number of nitrogens with one attached hydrogen (secondary N) is 2. The molecule has 2 rings (SSSR count). The van der Waals surface area contributed by atoms with Gasteiger partial charge >= 0.3 is 0 Å². The Bertz CT molecular complexity index is 491. The molecule has 1 aromatic carbocycles. The normalized spacial score (nSPS) is 17.0. The molecule has 0 aliphatic carbocycles. The third kappa shape index (κ3) is 6.22. The number of carbonyl (C=O) groups is 1. The highest BCUT2D eigenvalue weighted by Crippen LogP contribution is 2.26. The molecule has 4 nitrogen and oxygen atoms in total. The molecule has 2 N–H and O–H groups in total. The van der Waals surface area contributed by atoms with Crippen molar-refractivity contribution in [1.82, 2.24) is 10.6 Å². The Labute approximate surface area is 140 Å². The first-order valence-electron chi connectivity index (χ1n) is 8.66. The minimum absolute atomic E-state index is 0.0978. The standard InChI is InChI=1S/C19H30N2O2/c1-15(2)13-23-17-6-4-16(5-7-17)12-18(22)21-14-19(3)8-10-20-11-9-19/h4-7,15,20H,8-14H2,1-3H3,(H,21,22). The second-order valence-corrected chi connectivity index (χ2v) is 7.36. The molecule has 0 radical (unpaired) electrons. The highest BCUT2D eigenvalue weighted by molar-refractivity contribution is 5.78. The number of amides is 1. The van der Waals surface area contributed by atoms with Gasteiger partial charge < -0.3 is 15.4 Å². The lowest BCUT2D eigenvalue weighted by Gasteiger charge is -2.34. The summed E-state index contributed by atoms with van der Waals surface area (Å²) in [6, 6.07) is 7.83. The van der Waals surface area contributed by atoms with Gasteiger partial charge in [0.2, 0.25) is 5.91 Å². The molecule has 1 aromatic rings. The van der Waals surface area contributed by atoms with Crippen LogP contribution in [0.4, 0.5) is 0 Å². The number of hydrogen-bond donors (Lipinski definition) is 2. The van der Waals surface area contributed by atoms with Crippen LogP contribution in [0.1, 0.15) is 39.2 Å². The number of ether oxygens (including phenoxy) is 1. The van der Waals surface area contributed by atoms with E-state index >= 15 is 0 Å². The van der Waals surface area contributed by atoms with Crippen LogP contribution in [0.2, 0.25) is 0 Å². The fourth-order valence-corrected chi connectivity index (χ4v) is 2.73. The van der Waals surface area contributed by atoms with Crippen molar-refractivity contribution in [3.8, 4) is 5.75 Å². The van der Waals surface area contributed by atoms with Crippen molar-refractivity contribution >= 4 is 5.91 Å². The summed E-state index contributed by atoms with van der Waals surface area (Å²) in [4.78, 5) is 12.1. The Morgan fingerprint density at radius 1 is 1.26 bits per heavy atom. The summed E-state index contributed by atoms with van der Waals surface area (Å²) in [5.41, 5.74) is 1.25. The maximum Gasteiger partial charge on any atom is 0.224 e. The number of rotatable bonds is 7. The first kappa shape index (κ1) is 17.8. The van der Waals surface area contributed by atoms with Crippen molar-refractivity contribution in [1.29, 1.82) is 0 Å². The van der Waals surface area contributed by atoms with Crippen molar-refractivity contribution in [2.24, 2.45) is 11.3 Å². The van der Waals surface area contributed by atoms with Crippen LogP contribution in [0.5, 0.6) is 5.75 Å². The lowest BCUT2D eigenvalue weighted by Crippen LogP contribution is -2.43. The Morgan fingerprint density at radius 3 is 2.52 bits per heavy atom. The summed E-state index contributed by atoms with van der Waals surface area (Å²) >= 11 is 0. The lowest BCUT2D eigenvalue weighted by molar-refractivity contribution is -0.121.